The second kappa shape index (κ2) is 5.45. The highest BCUT2D eigenvalue weighted by Crippen LogP contribution is 2.12. The van der Waals surface area contributed by atoms with E-state index >= 15 is 0 Å². The number of hydrogen-bond acceptors (Lipinski definition) is 7. The Morgan fingerprint density at radius 2 is 2.06 bits per heavy atom. The van der Waals surface area contributed by atoms with E-state index in [0.29, 0.717) is 12.5 Å². The van der Waals surface area contributed by atoms with E-state index in [1.165, 1.54) is 0 Å². The number of hydrogen-bond donors (Lipinski definition) is 2. The van der Waals surface area contributed by atoms with Gasteiger partial charge >= 0.3 is 6.01 Å². The van der Waals surface area contributed by atoms with Gasteiger partial charge in [0.25, 0.3) is 0 Å². The van der Waals surface area contributed by atoms with Crippen molar-refractivity contribution in [3.05, 3.63) is 0 Å². The minimum absolute atomic E-state index is 0.0163. The molecule has 1 aromatic heterocycles. The third kappa shape index (κ3) is 3.50. The van der Waals surface area contributed by atoms with Crippen molar-refractivity contribution >= 4 is 11.9 Å². The summed E-state index contributed by atoms with van der Waals surface area (Å²) in [6.07, 6.45) is -0.0298. The fourth-order valence-corrected chi connectivity index (χ4v) is 1.05. The fraction of sp³-hybridized carbons (Fsp3) is 0.667. The van der Waals surface area contributed by atoms with Crippen molar-refractivity contribution < 1.29 is 9.84 Å². The number of aliphatic hydroxyl groups is 1. The summed E-state index contributed by atoms with van der Waals surface area (Å²) in [7, 11) is 1.75. The normalized spacial score (nSPS) is 10.6. The predicted molar refractivity (Wildman–Crippen MR) is 60.4 cm³/mol. The summed E-state index contributed by atoms with van der Waals surface area (Å²) in [6, 6.07) is 0.197. The SMILES string of the molecule is CC(C)Oc1nc(N)nc(N(C)CCO)n1. The van der Waals surface area contributed by atoms with E-state index in [1.807, 2.05) is 13.8 Å². The lowest BCUT2D eigenvalue weighted by atomic mass is 10.5. The van der Waals surface area contributed by atoms with Crippen molar-refractivity contribution in [3.8, 4) is 6.01 Å². The molecule has 16 heavy (non-hydrogen) atoms. The summed E-state index contributed by atoms with van der Waals surface area (Å²) in [5, 5.41) is 8.81. The van der Waals surface area contributed by atoms with Gasteiger partial charge in [0.2, 0.25) is 11.9 Å². The number of aromatic nitrogens is 3. The third-order valence-electron chi connectivity index (χ3n) is 1.74. The minimum Gasteiger partial charge on any atom is -0.461 e. The van der Waals surface area contributed by atoms with E-state index in [4.69, 9.17) is 15.6 Å². The first-order chi connectivity index (χ1) is 7.52. The van der Waals surface area contributed by atoms with Crippen LogP contribution in [0.1, 0.15) is 13.8 Å². The highest BCUT2D eigenvalue weighted by Gasteiger charge is 2.10. The van der Waals surface area contributed by atoms with Crippen LogP contribution in [0.5, 0.6) is 6.01 Å². The number of likely N-dealkylation sites (N-methyl/N-ethyl adjacent to an activating group) is 1. The van der Waals surface area contributed by atoms with Gasteiger partial charge < -0.3 is 20.5 Å². The molecule has 0 aromatic carbocycles. The Morgan fingerprint density at radius 1 is 1.38 bits per heavy atom. The monoisotopic (exact) mass is 227 g/mol. The number of aliphatic hydroxyl groups excluding tert-OH is 1. The molecular weight excluding hydrogens is 210 g/mol. The van der Waals surface area contributed by atoms with Gasteiger partial charge in [0.15, 0.2) is 0 Å². The lowest BCUT2D eigenvalue weighted by Gasteiger charge is -2.16. The summed E-state index contributed by atoms with van der Waals surface area (Å²) >= 11 is 0. The first-order valence-corrected chi connectivity index (χ1v) is 5.03. The molecule has 1 rings (SSSR count). The lowest BCUT2D eigenvalue weighted by Crippen LogP contribution is -2.24. The van der Waals surface area contributed by atoms with Gasteiger partial charge in [-0.15, -0.1) is 0 Å². The molecule has 0 unspecified atom stereocenters. The van der Waals surface area contributed by atoms with Gasteiger partial charge in [-0.05, 0) is 13.8 Å². The molecule has 7 nitrogen and oxygen atoms in total. The highest BCUT2D eigenvalue weighted by atomic mass is 16.5. The summed E-state index contributed by atoms with van der Waals surface area (Å²) in [4.78, 5) is 13.6. The molecular formula is C9H17N5O2. The molecule has 1 heterocycles. The van der Waals surface area contributed by atoms with Crippen LogP contribution in [0, 0.1) is 0 Å². The number of ether oxygens (including phenoxy) is 1. The van der Waals surface area contributed by atoms with Gasteiger partial charge in [-0.2, -0.15) is 15.0 Å². The molecule has 0 aliphatic rings. The summed E-state index contributed by atoms with van der Waals surface area (Å²) in [5.74, 6) is 0.489. The molecule has 1 aromatic rings. The number of nitrogens with two attached hydrogens (primary N) is 1. The van der Waals surface area contributed by atoms with Crippen LogP contribution >= 0.6 is 0 Å². The van der Waals surface area contributed by atoms with Gasteiger partial charge in [-0.1, -0.05) is 0 Å². The maximum Gasteiger partial charge on any atom is 0.323 e. The maximum atomic E-state index is 8.81. The maximum absolute atomic E-state index is 8.81. The Balaban J connectivity index is 2.89. The summed E-state index contributed by atoms with van der Waals surface area (Å²) in [6.45, 7) is 4.18. The molecule has 7 heteroatoms. The number of nitrogens with zero attached hydrogens (tertiary/aromatic N) is 4. The average Bonchev–Trinajstić information content (AvgIpc) is 2.15. The van der Waals surface area contributed by atoms with Crippen LogP contribution in [0.25, 0.3) is 0 Å². The second-order valence-corrected chi connectivity index (χ2v) is 3.59. The zero-order valence-corrected chi connectivity index (χ0v) is 9.71. The number of rotatable bonds is 5. The lowest BCUT2D eigenvalue weighted by molar-refractivity contribution is 0.222. The molecule has 0 radical (unpaired) electrons. The van der Waals surface area contributed by atoms with Gasteiger partial charge in [-0.25, -0.2) is 0 Å². The van der Waals surface area contributed by atoms with Crippen LogP contribution in [-0.4, -0.2) is 46.4 Å². The minimum atomic E-state index is -0.0298. The van der Waals surface area contributed by atoms with Crippen LogP contribution in [0.4, 0.5) is 11.9 Å². The zero-order valence-electron chi connectivity index (χ0n) is 9.71. The second-order valence-electron chi connectivity index (χ2n) is 3.59. The molecule has 0 saturated carbocycles. The van der Waals surface area contributed by atoms with Gasteiger partial charge in [0.05, 0.1) is 12.7 Å². The average molecular weight is 227 g/mol. The van der Waals surface area contributed by atoms with Crippen LogP contribution in [0.3, 0.4) is 0 Å². The quantitative estimate of drug-likeness (QED) is 0.710. The third-order valence-corrected chi connectivity index (χ3v) is 1.74. The molecule has 0 aliphatic carbocycles. The van der Waals surface area contributed by atoms with E-state index < -0.39 is 0 Å². The first-order valence-electron chi connectivity index (χ1n) is 5.03. The van der Waals surface area contributed by atoms with Crippen LogP contribution in [0.15, 0.2) is 0 Å². The Morgan fingerprint density at radius 3 is 2.62 bits per heavy atom. The zero-order chi connectivity index (χ0) is 12.1. The van der Waals surface area contributed by atoms with Gasteiger partial charge in [0.1, 0.15) is 0 Å². The largest absolute Gasteiger partial charge is 0.461 e. The fourth-order valence-electron chi connectivity index (χ4n) is 1.05. The van der Waals surface area contributed by atoms with Crippen molar-refractivity contribution in [1.82, 2.24) is 15.0 Å². The topological polar surface area (TPSA) is 97.4 Å². The molecule has 0 atom stereocenters. The predicted octanol–water partition coefficient (Wildman–Crippen LogP) is -0.331. The molecule has 0 bridgehead atoms. The smallest absolute Gasteiger partial charge is 0.323 e. The number of nitrogen functional groups attached to an aromatic ring is 1. The molecule has 90 valence electrons. The molecule has 3 N–H and O–H groups in total. The first kappa shape index (κ1) is 12.4. The Kier molecular flexibility index (Phi) is 4.24. The Labute approximate surface area is 94.3 Å². The molecule has 0 aliphatic heterocycles. The molecule has 0 fully saturated rings. The molecule has 0 spiro atoms. The van der Waals surface area contributed by atoms with Crippen molar-refractivity contribution in [2.45, 2.75) is 20.0 Å². The van der Waals surface area contributed by atoms with Crippen molar-refractivity contribution in [1.29, 1.82) is 0 Å². The van der Waals surface area contributed by atoms with Crippen molar-refractivity contribution in [3.63, 3.8) is 0 Å². The van der Waals surface area contributed by atoms with E-state index in [0.717, 1.165) is 0 Å². The van der Waals surface area contributed by atoms with E-state index in [1.54, 1.807) is 11.9 Å². The van der Waals surface area contributed by atoms with Gasteiger partial charge in [0, 0.05) is 13.6 Å². The van der Waals surface area contributed by atoms with Crippen molar-refractivity contribution in [2.75, 3.05) is 30.8 Å². The standard InChI is InChI=1S/C9H17N5O2/c1-6(2)16-9-12-7(10)11-8(13-9)14(3)4-5-15/h6,15H,4-5H2,1-3H3,(H2,10,11,12,13). The highest BCUT2D eigenvalue weighted by molar-refractivity contribution is 5.34. The summed E-state index contributed by atoms with van der Waals surface area (Å²) in [5.41, 5.74) is 5.54. The molecule has 0 saturated heterocycles. The Bertz CT molecular complexity index is 345. The summed E-state index contributed by atoms with van der Waals surface area (Å²) < 4.78 is 5.33. The van der Waals surface area contributed by atoms with Gasteiger partial charge in [-0.3, -0.25) is 0 Å². The Hall–Kier alpha value is -1.63. The number of anilines is 2. The van der Waals surface area contributed by atoms with Crippen LogP contribution < -0.4 is 15.4 Å². The van der Waals surface area contributed by atoms with E-state index in [-0.39, 0.29) is 24.7 Å². The molecule has 0 amide bonds. The van der Waals surface area contributed by atoms with E-state index in [9.17, 15) is 0 Å². The van der Waals surface area contributed by atoms with Crippen LogP contribution in [-0.2, 0) is 0 Å². The van der Waals surface area contributed by atoms with Crippen molar-refractivity contribution in [2.24, 2.45) is 0 Å². The van der Waals surface area contributed by atoms with Crippen LogP contribution in [0.2, 0.25) is 0 Å². The van der Waals surface area contributed by atoms with E-state index in [2.05, 4.69) is 15.0 Å².